The van der Waals surface area contributed by atoms with Gasteiger partial charge in [0.2, 0.25) is 0 Å². The standard InChI is InChI=1S/C16H13ClN2O2S/c1-10-6-7-22-14(10)8-13-15(20)19(16(21)18-13)9-11-2-4-12(17)5-3-11/h2-8H,9H2,1H3,(H,18,21)/b13-8-. The smallest absolute Gasteiger partial charge is 0.303 e. The molecule has 0 atom stereocenters. The first kappa shape index (κ1) is 14.8. The molecule has 6 heteroatoms. The van der Waals surface area contributed by atoms with Crippen molar-refractivity contribution in [2.45, 2.75) is 13.5 Å². The zero-order valence-corrected chi connectivity index (χ0v) is 13.4. The van der Waals surface area contributed by atoms with E-state index in [1.807, 2.05) is 18.4 Å². The van der Waals surface area contributed by atoms with E-state index >= 15 is 0 Å². The molecule has 1 aliphatic rings. The van der Waals surface area contributed by atoms with Crippen LogP contribution >= 0.6 is 22.9 Å². The lowest BCUT2D eigenvalue weighted by Gasteiger charge is -2.11. The molecule has 0 unspecified atom stereocenters. The van der Waals surface area contributed by atoms with Crippen molar-refractivity contribution in [1.82, 2.24) is 10.2 Å². The van der Waals surface area contributed by atoms with Gasteiger partial charge in [-0.1, -0.05) is 23.7 Å². The van der Waals surface area contributed by atoms with Crippen molar-refractivity contribution in [2.24, 2.45) is 0 Å². The normalized spacial score (nSPS) is 16.5. The molecule has 1 N–H and O–H groups in total. The third kappa shape index (κ3) is 2.91. The molecule has 1 fully saturated rings. The summed E-state index contributed by atoms with van der Waals surface area (Å²) in [6.07, 6.45) is 1.72. The number of nitrogens with one attached hydrogen (secondary N) is 1. The van der Waals surface area contributed by atoms with Crippen LogP contribution in [0.5, 0.6) is 0 Å². The Hall–Kier alpha value is -2.11. The van der Waals surface area contributed by atoms with Crippen LogP contribution in [-0.4, -0.2) is 16.8 Å². The van der Waals surface area contributed by atoms with E-state index in [9.17, 15) is 9.59 Å². The lowest BCUT2D eigenvalue weighted by atomic mass is 10.2. The van der Waals surface area contributed by atoms with E-state index in [0.717, 1.165) is 16.0 Å². The maximum absolute atomic E-state index is 12.4. The Labute approximate surface area is 137 Å². The second kappa shape index (κ2) is 5.94. The molecular weight excluding hydrogens is 320 g/mol. The van der Waals surface area contributed by atoms with Gasteiger partial charge >= 0.3 is 6.03 Å². The number of thiophene rings is 1. The van der Waals surface area contributed by atoms with Gasteiger partial charge in [-0.15, -0.1) is 11.3 Å². The van der Waals surface area contributed by atoms with Gasteiger partial charge in [0, 0.05) is 9.90 Å². The van der Waals surface area contributed by atoms with Gasteiger partial charge in [-0.25, -0.2) is 4.79 Å². The Kier molecular flexibility index (Phi) is 4.00. The van der Waals surface area contributed by atoms with E-state index in [1.165, 1.54) is 16.2 Å². The lowest BCUT2D eigenvalue weighted by molar-refractivity contribution is -0.123. The highest BCUT2D eigenvalue weighted by molar-refractivity contribution is 7.11. The van der Waals surface area contributed by atoms with Crippen molar-refractivity contribution < 1.29 is 9.59 Å². The molecule has 1 aliphatic heterocycles. The summed E-state index contributed by atoms with van der Waals surface area (Å²) in [5, 5.41) is 5.20. The number of hydrogen-bond donors (Lipinski definition) is 1. The molecule has 0 bridgehead atoms. The van der Waals surface area contributed by atoms with Crippen LogP contribution in [0.3, 0.4) is 0 Å². The first-order valence-corrected chi connectivity index (χ1v) is 7.93. The number of rotatable bonds is 3. The molecule has 0 saturated carbocycles. The number of nitrogens with zero attached hydrogens (tertiary/aromatic N) is 1. The summed E-state index contributed by atoms with van der Waals surface area (Å²) in [5.74, 6) is -0.312. The molecule has 22 heavy (non-hydrogen) atoms. The van der Waals surface area contributed by atoms with Gasteiger partial charge in [0.05, 0.1) is 6.54 Å². The molecular formula is C16H13ClN2O2S. The summed E-state index contributed by atoms with van der Waals surface area (Å²) in [4.78, 5) is 26.5. The average Bonchev–Trinajstić information content (AvgIpc) is 3.00. The van der Waals surface area contributed by atoms with Gasteiger partial charge in [-0.2, -0.15) is 0 Å². The zero-order valence-electron chi connectivity index (χ0n) is 11.8. The maximum atomic E-state index is 12.4. The van der Waals surface area contributed by atoms with Crippen molar-refractivity contribution in [3.05, 3.63) is 62.4 Å². The fourth-order valence-corrected chi connectivity index (χ4v) is 3.14. The molecule has 1 saturated heterocycles. The minimum atomic E-state index is -0.402. The van der Waals surface area contributed by atoms with Crippen molar-refractivity contribution in [2.75, 3.05) is 0 Å². The van der Waals surface area contributed by atoms with Crippen molar-refractivity contribution in [1.29, 1.82) is 0 Å². The minimum Gasteiger partial charge on any atom is -0.303 e. The van der Waals surface area contributed by atoms with E-state index in [4.69, 9.17) is 11.6 Å². The second-order valence-electron chi connectivity index (χ2n) is 4.97. The van der Waals surface area contributed by atoms with Crippen LogP contribution in [0.2, 0.25) is 5.02 Å². The van der Waals surface area contributed by atoms with Crippen molar-refractivity contribution in [3.8, 4) is 0 Å². The SMILES string of the molecule is Cc1ccsc1/C=C1\NC(=O)N(Cc2ccc(Cl)cc2)C1=O. The number of carbonyl (C=O) groups is 2. The van der Waals surface area contributed by atoms with Crippen LogP contribution in [0.15, 0.2) is 41.4 Å². The highest BCUT2D eigenvalue weighted by atomic mass is 35.5. The Balaban J connectivity index is 1.81. The molecule has 1 aromatic heterocycles. The van der Waals surface area contributed by atoms with Gasteiger partial charge in [-0.3, -0.25) is 9.69 Å². The number of halogens is 1. The van der Waals surface area contributed by atoms with Crippen LogP contribution in [-0.2, 0) is 11.3 Å². The molecule has 4 nitrogen and oxygen atoms in total. The quantitative estimate of drug-likeness (QED) is 0.686. The topological polar surface area (TPSA) is 49.4 Å². The largest absolute Gasteiger partial charge is 0.329 e. The van der Waals surface area contributed by atoms with E-state index in [2.05, 4.69) is 5.32 Å². The minimum absolute atomic E-state index is 0.225. The molecule has 3 amide bonds. The summed E-state index contributed by atoms with van der Waals surface area (Å²) in [6, 6.07) is 8.65. The lowest BCUT2D eigenvalue weighted by Crippen LogP contribution is -2.30. The number of imide groups is 1. The van der Waals surface area contributed by atoms with E-state index in [-0.39, 0.29) is 12.5 Å². The second-order valence-corrected chi connectivity index (χ2v) is 6.36. The van der Waals surface area contributed by atoms with Gasteiger partial charge in [0.25, 0.3) is 5.91 Å². The molecule has 3 rings (SSSR count). The fraction of sp³-hybridized carbons (Fsp3) is 0.125. The molecule has 0 radical (unpaired) electrons. The number of carbonyl (C=O) groups excluding carboxylic acids is 2. The average molecular weight is 333 g/mol. The first-order chi connectivity index (χ1) is 10.5. The summed E-state index contributed by atoms with van der Waals surface area (Å²) in [6.45, 7) is 2.19. The summed E-state index contributed by atoms with van der Waals surface area (Å²) in [5.41, 5.74) is 2.24. The predicted molar refractivity (Wildman–Crippen MR) is 87.6 cm³/mol. The third-order valence-electron chi connectivity index (χ3n) is 3.39. The first-order valence-electron chi connectivity index (χ1n) is 6.67. The van der Waals surface area contributed by atoms with Crippen LogP contribution in [0.1, 0.15) is 16.0 Å². The zero-order chi connectivity index (χ0) is 15.7. The van der Waals surface area contributed by atoms with Crippen molar-refractivity contribution in [3.63, 3.8) is 0 Å². The number of aryl methyl sites for hydroxylation is 1. The summed E-state index contributed by atoms with van der Waals surface area (Å²) < 4.78 is 0. The third-order valence-corrected chi connectivity index (χ3v) is 4.61. The maximum Gasteiger partial charge on any atom is 0.329 e. The predicted octanol–water partition coefficient (Wildman–Crippen LogP) is 3.80. The summed E-state index contributed by atoms with van der Waals surface area (Å²) in [7, 11) is 0. The molecule has 2 heterocycles. The molecule has 0 aliphatic carbocycles. The highest BCUT2D eigenvalue weighted by Crippen LogP contribution is 2.22. The number of urea groups is 1. The van der Waals surface area contributed by atoms with Crippen LogP contribution < -0.4 is 5.32 Å². The van der Waals surface area contributed by atoms with E-state index in [0.29, 0.717) is 10.7 Å². The number of benzene rings is 1. The van der Waals surface area contributed by atoms with E-state index < -0.39 is 6.03 Å². The van der Waals surface area contributed by atoms with Gasteiger partial charge in [-0.05, 0) is 47.7 Å². The van der Waals surface area contributed by atoms with Crippen LogP contribution in [0, 0.1) is 6.92 Å². The van der Waals surface area contributed by atoms with Gasteiger partial charge < -0.3 is 5.32 Å². The van der Waals surface area contributed by atoms with E-state index in [1.54, 1.807) is 30.3 Å². The van der Waals surface area contributed by atoms with Gasteiger partial charge in [0.1, 0.15) is 5.70 Å². The fourth-order valence-electron chi connectivity index (χ4n) is 2.15. The molecule has 1 aromatic carbocycles. The van der Waals surface area contributed by atoms with Gasteiger partial charge in [0.15, 0.2) is 0 Å². The highest BCUT2D eigenvalue weighted by Gasteiger charge is 2.33. The molecule has 0 spiro atoms. The van der Waals surface area contributed by atoms with Crippen LogP contribution in [0.25, 0.3) is 6.08 Å². The Morgan fingerprint density at radius 1 is 1.23 bits per heavy atom. The Morgan fingerprint density at radius 3 is 2.59 bits per heavy atom. The summed E-state index contributed by atoms with van der Waals surface area (Å²) >= 11 is 7.37. The number of amides is 3. The van der Waals surface area contributed by atoms with Crippen LogP contribution in [0.4, 0.5) is 4.79 Å². The monoisotopic (exact) mass is 332 g/mol. The number of hydrogen-bond acceptors (Lipinski definition) is 3. The Bertz CT molecular complexity index is 765. The Morgan fingerprint density at radius 2 is 1.95 bits per heavy atom. The van der Waals surface area contributed by atoms with Crippen molar-refractivity contribution >= 4 is 41.0 Å². The molecule has 112 valence electrons. The molecule has 2 aromatic rings.